The number of rotatable bonds is 0. The first-order chi connectivity index (χ1) is 5.86. The largest absolute Gasteiger partial charge is 0.355 e. The molecule has 1 aliphatic carbocycles. The zero-order valence-corrected chi connectivity index (χ0v) is 7.52. The maximum Gasteiger partial charge on any atom is 0.0424 e. The summed E-state index contributed by atoms with van der Waals surface area (Å²) < 4.78 is 0. The summed E-state index contributed by atoms with van der Waals surface area (Å²) in [5.74, 6) is 0. The van der Waals surface area contributed by atoms with Gasteiger partial charge in [-0.2, -0.15) is 0 Å². The van der Waals surface area contributed by atoms with Crippen LogP contribution in [0.3, 0.4) is 0 Å². The van der Waals surface area contributed by atoms with Crippen LogP contribution in [-0.2, 0) is 0 Å². The second-order valence-corrected chi connectivity index (χ2v) is 3.00. The van der Waals surface area contributed by atoms with Gasteiger partial charge in [0, 0.05) is 21.1 Å². The minimum Gasteiger partial charge on any atom is -0.355 e. The van der Waals surface area contributed by atoms with Crippen LogP contribution in [0.4, 0.5) is 0 Å². The molecule has 2 rings (SSSR count). The zero-order valence-electron chi connectivity index (χ0n) is 7.52. The lowest BCUT2D eigenvalue weighted by molar-refractivity contribution is 1.25. The number of aromatic nitrogens is 1. The summed E-state index contributed by atoms with van der Waals surface area (Å²) in [4.78, 5) is 3.39. The van der Waals surface area contributed by atoms with Gasteiger partial charge < -0.3 is 4.98 Å². The molecule has 0 unspecified atom stereocenters. The van der Waals surface area contributed by atoms with Crippen LogP contribution in [0, 0.1) is 0 Å². The number of aromatic amines is 1. The van der Waals surface area contributed by atoms with Crippen molar-refractivity contribution in [1.29, 1.82) is 0 Å². The van der Waals surface area contributed by atoms with E-state index in [1.54, 1.807) is 0 Å². The lowest BCUT2D eigenvalue weighted by atomic mass is 10.3. The summed E-state index contributed by atoms with van der Waals surface area (Å²) in [5, 5.41) is 5.26. The molecule has 0 aliphatic heterocycles. The van der Waals surface area contributed by atoms with E-state index in [-0.39, 0.29) is 0 Å². The molecule has 0 spiro atoms. The number of hydrogen-bond donors (Lipinski definition) is 1. The van der Waals surface area contributed by atoms with Crippen molar-refractivity contribution in [3.8, 4) is 0 Å². The summed E-state index contributed by atoms with van der Waals surface area (Å²) in [6, 6.07) is 0. The molecule has 0 atom stereocenters. The van der Waals surface area contributed by atoms with Crippen LogP contribution >= 0.6 is 0 Å². The Morgan fingerprint density at radius 1 is 1.25 bits per heavy atom. The maximum atomic E-state index is 3.39. The van der Waals surface area contributed by atoms with Gasteiger partial charge in [0.05, 0.1) is 0 Å². The van der Waals surface area contributed by atoms with Gasteiger partial charge in [0.15, 0.2) is 0 Å². The number of H-pyrrole nitrogens is 1. The highest BCUT2D eigenvalue weighted by atomic mass is 14.7. The molecule has 1 heteroatoms. The zero-order chi connectivity index (χ0) is 8.55. The van der Waals surface area contributed by atoms with Crippen molar-refractivity contribution in [1.82, 2.24) is 4.98 Å². The van der Waals surface area contributed by atoms with Crippen molar-refractivity contribution >= 4 is 24.3 Å². The van der Waals surface area contributed by atoms with Gasteiger partial charge >= 0.3 is 0 Å². The van der Waals surface area contributed by atoms with Gasteiger partial charge in [-0.25, -0.2) is 0 Å². The molecule has 62 valence electrons. The average molecular weight is 159 g/mol. The third-order valence-corrected chi connectivity index (χ3v) is 2.36. The Morgan fingerprint density at radius 3 is 2.75 bits per heavy atom. The predicted molar refractivity (Wildman–Crippen MR) is 53.1 cm³/mol. The molecule has 0 aromatic carbocycles. The summed E-state index contributed by atoms with van der Waals surface area (Å²) in [7, 11) is 0. The standard InChI is InChI=1S/C11H13N/c1-3-8-9-6-5-7-11(9)12-10(8)4-2/h3-4,6-7,12H,5H2,1-2H3/b8-3-,10-4+. The third-order valence-electron chi connectivity index (χ3n) is 2.36. The average Bonchev–Trinajstić information content (AvgIpc) is 2.61. The van der Waals surface area contributed by atoms with Gasteiger partial charge in [-0.3, -0.25) is 0 Å². The van der Waals surface area contributed by atoms with E-state index in [9.17, 15) is 0 Å². The van der Waals surface area contributed by atoms with Gasteiger partial charge in [0.2, 0.25) is 0 Å². The molecule has 0 saturated heterocycles. The Morgan fingerprint density at radius 2 is 2.08 bits per heavy atom. The van der Waals surface area contributed by atoms with Crippen LogP contribution in [0.1, 0.15) is 20.3 Å². The van der Waals surface area contributed by atoms with Gasteiger partial charge in [-0.1, -0.05) is 24.3 Å². The lowest BCUT2D eigenvalue weighted by Gasteiger charge is -1.77. The molecule has 1 aliphatic rings. The Hall–Kier alpha value is -1.24. The van der Waals surface area contributed by atoms with Gasteiger partial charge in [0.1, 0.15) is 0 Å². The van der Waals surface area contributed by atoms with Gasteiger partial charge in [-0.05, 0) is 20.3 Å². The van der Waals surface area contributed by atoms with Gasteiger partial charge in [-0.15, -0.1) is 0 Å². The second kappa shape index (κ2) is 2.67. The second-order valence-electron chi connectivity index (χ2n) is 3.00. The van der Waals surface area contributed by atoms with E-state index < -0.39 is 0 Å². The van der Waals surface area contributed by atoms with Crippen molar-refractivity contribution in [2.45, 2.75) is 20.3 Å². The van der Waals surface area contributed by atoms with E-state index in [1.165, 1.54) is 21.1 Å². The maximum absolute atomic E-state index is 3.39. The SMILES string of the molecule is C/C=c1/c2c([nH]/c1=C/C)=CCC=2. The van der Waals surface area contributed by atoms with Crippen molar-refractivity contribution in [2.75, 3.05) is 0 Å². The number of hydrogen-bond acceptors (Lipinski definition) is 0. The molecule has 0 fully saturated rings. The van der Waals surface area contributed by atoms with Crippen molar-refractivity contribution in [3.63, 3.8) is 0 Å². The van der Waals surface area contributed by atoms with Gasteiger partial charge in [0.25, 0.3) is 0 Å². The quantitative estimate of drug-likeness (QED) is 0.529. The molecule has 0 amide bonds. The first-order valence-corrected chi connectivity index (χ1v) is 4.38. The lowest BCUT2D eigenvalue weighted by Crippen LogP contribution is -2.35. The molecule has 0 radical (unpaired) electrons. The Labute approximate surface area is 71.4 Å². The molecule has 1 heterocycles. The third kappa shape index (κ3) is 0.860. The van der Waals surface area contributed by atoms with Crippen LogP contribution < -0.4 is 21.1 Å². The van der Waals surface area contributed by atoms with E-state index in [1.807, 2.05) is 0 Å². The summed E-state index contributed by atoms with van der Waals surface area (Å²) in [6.07, 6.45) is 9.87. The molecule has 1 nitrogen and oxygen atoms in total. The Balaban J connectivity index is 3.12. The summed E-state index contributed by atoms with van der Waals surface area (Å²) in [5.41, 5.74) is 0. The fourth-order valence-electron chi connectivity index (χ4n) is 1.78. The topological polar surface area (TPSA) is 15.8 Å². The van der Waals surface area contributed by atoms with Crippen LogP contribution in [-0.4, -0.2) is 4.98 Å². The van der Waals surface area contributed by atoms with Crippen LogP contribution in [0.2, 0.25) is 0 Å². The number of nitrogens with one attached hydrogen (secondary N) is 1. The molecule has 0 bridgehead atoms. The van der Waals surface area contributed by atoms with E-state index in [4.69, 9.17) is 0 Å². The van der Waals surface area contributed by atoms with Crippen molar-refractivity contribution in [3.05, 3.63) is 21.1 Å². The molecular formula is C11H13N. The van der Waals surface area contributed by atoms with Crippen molar-refractivity contribution < 1.29 is 0 Å². The van der Waals surface area contributed by atoms with E-state index in [2.05, 4.69) is 43.1 Å². The van der Waals surface area contributed by atoms with E-state index in [0.29, 0.717) is 0 Å². The molecular weight excluding hydrogens is 146 g/mol. The van der Waals surface area contributed by atoms with Crippen LogP contribution in [0.5, 0.6) is 0 Å². The highest BCUT2D eigenvalue weighted by molar-refractivity contribution is 5.47. The van der Waals surface area contributed by atoms with Crippen LogP contribution in [0.15, 0.2) is 0 Å². The summed E-state index contributed by atoms with van der Waals surface area (Å²) in [6.45, 7) is 4.15. The highest BCUT2D eigenvalue weighted by Gasteiger charge is 1.97. The fourth-order valence-corrected chi connectivity index (χ4v) is 1.78. The first kappa shape index (κ1) is 7.41. The first-order valence-electron chi connectivity index (χ1n) is 4.38. The monoisotopic (exact) mass is 159 g/mol. The molecule has 1 N–H and O–H groups in total. The minimum atomic E-state index is 1.08. The molecule has 12 heavy (non-hydrogen) atoms. The summed E-state index contributed by atoms with van der Waals surface area (Å²) >= 11 is 0. The molecule has 1 aromatic rings. The van der Waals surface area contributed by atoms with E-state index in [0.717, 1.165) is 6.42 Å². The molecule has 1 aromatic heterocycles. The Kier molecular flexibility index (Phi) is 1.65. The van der Waals surface area contributed by atoms with Crippen molar-refractivity contribution in [2.24, 2.45) is 0 Å². The Bertz CT molecular complexity index is 515. The minimum absolute atomic E-state index is 1.08. The number of fused-ring (bicyclic) bond motifs is 1. The highest BCUT2D eigenvalue weighted by Crippen LogP contribution is 1.82. The van der Waals surface area contributed by atoms with E-state index >= 15 is 0 Å². The predicted octanol–water partition coefficient (Wildman–Crippen LogP) is -0.420. The normalized spacial score (nSPS) is 17.5. The molecule has 0 saturated carbocycles. The smallest absolute Gasteiger partial charge is 0.0424 e. The van der Waals surface area contributed by atoms with Crippen LogP contribution in [0.25, 0.3) is 24.3 Å². The fraction of sp³-hybridized carbons (Fsp3) is 0.273.